The smallest absolute Gasteiger partial charge is 0.173 e. The zero-order chi connectivity index (χ0) is 12.3. The van der Waals surface area contributed by atoms with Crippen LogP contribution in [0.3, 0.4) is 0 Å². The van der Waals surface area contributed by atoms with Crippen molar-refractivity contribution in [2.24, 2.45) is 5.92 Å². The van der Waals surface area contributed by atoms with E-state index in [1.165, 1.54) is 19.2 Å². The van der Waals surface area contributed by atoms with E-state index < -0.39 is 0 Å². The molecule has 1 aromatic rings. The first-order valence-corrected chi connectivity index (χ1v) is 5.15. The lowest BCUT2D eigenvalue weighted by molar-refractivity contribution is 0.0921. The van der Waals surface area contributed by atoms with Crippen molar-refractivity contribution in [1.82, 2.24) is 0 Å². The Hall–Kier alpha value is -1.71. The van der Waals surface area contributed by atoms with Crippen molar-refractivity contribution in [3.05, 3.63) is 17.7 Å². The van der Waals surface area contributed by atoms with Crippen LogP contribution in [0.15, 0.2) is 12.1 Å². The van der Waals surface area contributed by atoms with E-state index in [4.69, 9.17) is 4.74 Å². The summed E-state index contributed by atoms with van der Waals surface area (Å²) < 4.78 is 4.87. The summed E-state index contributed by atoms with van der Waals surface area (Å²) in [6.45, 7) is 3.63. The van der Waals surface area contributed by atoms with Crippen LogP contribution in [0, 0.1) is 5.92 Å². The molecule has 0 spiro atoms. The van der Waals surface area contributed by atoms with Crippen LogP contribution < -0.4 is 4.74 Å². The van der Waals surface area contributed by atoms with E-state index >= 15 is 0 Å². The largest absolute Gasteiger partial charge is 0.507 e. The molecule has 0 saturated carbocycles. The van der Waals surface area contributed by atoms with Crippen molar-refractivity contribution in [1.29, 1.82) is 0 Å². The van der Waals surface area contributed by atoms with Gasteiger partial charge in [-0.2, -0.15) is 0 Å². The van der Waals surface area contributed by atoms with Gasteiger partial charge >= 0.3 is 0 Å². The summed E-state index contributed by atoms with van der Waals surface area (Å²) in [7, 11) is 1.42. The number of ketones is 1. The van der Waals surface area contributed by atoms with Gasteiger partial charge in [0, 0.05) is 18.1 Å². The van der Waals surface area contributed by atoms with E-state index in [2.05, 4.69) is 0 Å². The number of phenols is 2. The van der Waals surface area contributed by atoms with Crippen molar-refractivity contribution >= 4 is 5.78 Å². The van der Waals surface area contributed by atoms with Crippen molar-refractivity contribution in [3.8, 4) is 17.2 Å². The summed E-state index contributed by atoms with van der Waals surface area (Å²) in [6, 6.07) is 2.63. The van der Waals surface area contributed by atoms with Crippen LogP contribution in [0.25, 0.3) is 0 Å². The number of rotatable bonds is 4. The molecule has 88 valence electrons. The first-order valence-electron chi connectivity index (χ1n) is 5.15. The number of methoxy groups -OCH3 is 1. The number of aromatic hydroxyl groups is 2. The van der Waals surface area contributed by atoms with Gasteiger partial charge in [0.1, 0.15) is 22.8 Å². The van der Waals surface area contributed by atoms with Crippen LogP contribution in [-0.2, 0) is 0 Å². The van der Waals surface area contributed by atoms with Crippen LogP contribution in [0.1, 0.15) is 30.6 Å². The molecule has 0 bridgehead atoms. The molecule has 16 heavy (non-hydrogen) atoms. The Balaban J connectivity index is 3.19. The molecule has 0 saturated heterocycles. The Bertz CT molecular complexity index is 375. The van der Waals surface area contributed by atoms with E-state index in [0.29, 0.717) is 12.2 Å². The second-order valence-electron chi connectivity index (χ2n) is 3.71. The van der Waals surface area contributed by atoms with Crippen molar-refractivity contribution in [2.75, 3.05) is 7.11 Å². The van der Waals surface area contributed by atoms with Crippen LogP contribution in [-0.4, -0.2) is 23.1 Å². The number of carbonyl (C=O) groups is 1. The van der Waals surface area contributed by atoms with Gasteiger partial charge in [0.15, 0.2) is 5.78 Å². The van der Waals surface area contributed by atoms with E-state index in [9.17, 15) is 15.0 Å². The Morgan fingerprint density at radius 1 is 1.38 bits per heavy atom. The Labute approximate surface area is 94.5 Å². The molecule has 0 aliphatic rings. The maximum atomic E-state index is 11.9. The first-order chi connectivity index (χ1) is 7.51. The maximum Gasteiger partial charge on any atom is 0.173 e. The van der Waals surface area contributed by atoms with E-state index in [-0.39, 0.29) is 28.8 Å². The molecule has 4 nitrogen and oxygen atoms in total. The summed E-state index contributed by atoms with van der Waals surface area (Å²) in [5.74, 6) is -0.676. The zero-order valence-electron chi connectivity index (χ0n) is 9.65. The lowest BCUT2D eigenvalue weighted by atomic mass is 9.95. The molecule has 4 heteroatoms. The highest BCUT2D eigenvalue weighted by molar-refractivity contribution is 6.02. The fourth-order valence-corrected chi connectivity index (χ4v) is 1.39. The molecule has 0 unspecified atom stereocenters. The van der Waals surface area contributed by atoms with Crippen LogP contribution in [0.2, 0.25) is 0 Å². The van der Waals surface area contributed by atoms with Gasteiger partial charge in [-0.3, -0.25) is 4.79 Å². The van der Waals surface area contributed by atoms with Crippen LogP contribution in [0.4, 0.5) is 0 Å². The van der Waals surface area contributed by atoms with Gasteiger partial charge in [0.05, 0.1) is 7.11 Å². The molecule has 0 amide bonds. The summed E-state index contributed by atoms with van der Waals surface area (Å²) in [4.78, 5) is 11.9. The summed E-state index contributed by atoms with van der Waals surface area (Å²) in [5, 5.41) is 19.3. The standard InChI is InChI=1S/C12H16O4/c1-4-7(2)12(15)11-9(13)5-8(16-3)6-10(11)14/h5-7,13-14H,4H2,1-3H3/t7-/m0/s1. The minimum Gasteiger partial charge on any atom is -0.507 e. The van der Waals surface area contributed by atoms with Crippen LogP contribution in [0.5, 0.6) is 17.2 Å². The molecule has 1 rings (SSSR count). The number of ether oxygens (including phenoxy) is 1. The molecule has 1 atom stereocenters. The summed E-state index contributed by atoms with van der Waals surface area (Å²) >= 11 is 0. The molecule has 0 aliphatic heterocycles. The number of hydrogen-bond donors (Lipinski definition) is 2. The molecule has 0 fully saturated rings. The highest BCUT2D eigenvalue weighted by Gasteiger charge is 2.21. The van der Waals surface area contributed by atoms with Gasteiger partial charge in [0.25, 0.3) is 0 Å². The lowest BCUT2D eigenvalue weighted by Gasteiger charge is -2.12. The SMILES string of the molecule is CC[C@H](C)C(=O)c1c(O)cc(OC)cc1O. The molecule has 0 heterocycles. The highest BCUT2D eigenvalue weighted by Crippen LogP contribution is 2.34. The number of Topliss-reactive ketones (excluding diaryl/α,β-unsaturated/α-hetero) is 1. The second-order valence-corrected chi connectivity index (χ2v) is 3.71. The number of hydrogen-bond acceptors (Lipinski definition) is 4. The van der Waals surface area contributed by atoms with E-state index in [1.54, 1.807) is 6.92 Å². The third-order valence-electron chi connectivity index (χ3n) is 2.61. The third-order valence-corrected chi connectivity index (χ3v) is 2.61. The van der Waals surface area contributed by atoms with E-state index in [0.717, 1.165) is 0 Å². The van der Waals surface area contributed by atoms with Gasteiger partial charge < -0.3 is 14.9 Å². The van der Waals surface area contributed by atoms with Gasteiger partial charge in [-0.25, -0.2) is 0 Å². The van der Waals surface area contributed by atoms with Gasteiger partial charge in [0.2, 0.25) is 0 Å². The van der Waals surface area contributed by atoms with Gasteiger partial charge in [-0.1, -0.05) is 13.8 Å². The normalized spacial score (nSPS) is 12.2. The monoisotopic (exact) mass is 224 g/mol. The molecule has 0 radical (unpaired) electrons. The number of benzene rings is 1. The molecule has 0 aliphatic carbocycles. The minimum atomic E-state index is -0.264. The average molecular weight is 224 g/mol. The second kappa shape index (κ2) is 4.88. The molecule has 0 aromatic heterocycles. The van der Waals surface area contributed by atoms with Gasteiger partial charge in [-0.05, 0) is 6.42 Å². The quantitative estimate of drug-likeness (QED) is 0.770. The Kier molecular flexibility index (Phi) is 3.77. The molecular weight excluding hydrogens is 208 g/mol. The number of phenolic OH excluding ortho intramolecular Hbond substituents is 2. The topological polar surface area (TPSA) is 66.8 Å². The number of carbonyl (C=O) groups excluding carboxylic acids is 1. The fraction of sp³-hybridized carbons (Fsp3) is 0.417. The lowest BCUT2D eigenvalue weighted by Crippen LogP contribution is -2.10. The average Bonchev–Trinajstić information content (AvgIpc) is 2.26. The highest BCUT2D eigenvalue weighted by atomic mass is 16.5. The predicted molar refractivity (Wildman–Crippen MR) is 60.1 cm³/mol. The Morgan fingerprint density at radius 2 is 1.88 bits per heavy atom. The Morgan fingerprint density at radius 3 is 2.25 bits per heavy atom. The molecule has 1 aromatic carbocycles. The van der Waals surface area contributed by atoms with Crippen LogP contribution >= 0.6 is 0 Å². The van der Waals surface area contributed by atoms with Gasteiger partial charge in [-0.15, -0.1) is 0 Å². The molecular formula is C12H16O4. The van der Waals surface area contributed by atoms with E-state index in [1.807, 2.05) is 6.92 Å². The minimum absolute atomic E-state index is 0.0323. The summed E-state index contributed by atoms with van der Waals surface area (Å²) in [6.07, 6.45) is 0.656. The third kappa shape index (κ3) is 2.27. The van der Waals surface area contributed by atoms with Crippen molar-refractivity contribution < 1.29 is 19.7 Å². The zero-order valence-corrected chi connectivity index (χ0v) is 9.65. The maximum absolute atomic E-state index is 11.9. The van der Waals surface area contributed by atoms with Crippen molar-refractivity contribution in [2.45, 2.75) is 20.3 Å². The predicted octanol–water partition coefficient (Wildman–Crippen LogP) is 2.34. The van der Waals surface area contributed by atoms with Crippen molar-refractivity contribution in [3.63, 3.8) is 0 Å². The first kappa shape index (κ1) is 12.4. The fourth-order valence-electron chi connectivity index (χ4n) is 1.39. The summed E-state index contributed by atoms with van der Waals surface area (Å²) in [5.41, 5.74) is -0.0323. The molecule has 2 N–H and O–H groups in total.